The highest BCUT2D eigenvalue weighted by Gasteiger charge is 2.30. The molecule has 5 heteroatoms. The fourth-order valence-corrected chi connectivity index (χ4v) is 2.89. The number of methoxy groups -OCH3 is 1. The zero-order chi connectivity index (χ0) is 16.1. The highest BCUT2D eigenvalue weighted by molar-refractivity contribution is 5.80. The second-order valence-corrected chi connectivity index (χ2v) is 5.91. The number of likely N-dealkylation sites (tertiary alicyclic amines) is 1. The SMILES string of the molecule is COc1ccc(CC(C)C(=O)N2CCCC(C(=O)O)C2)cc1. The van der Waals surface area contributed by atoms with Crippen LogP contribution in [0.5, 0.6) is 5.75 Å². The Bertz CT molecular complexity index is 526. The molecule has 0 spiro atoms. The summed E-state index contributed by atoms with van der Waals surface area (Å²) in [5, 5.41) is 9.11. The van der Waals surface area contributed by atoms with Crippen molar-refractivity contribution in [3.8, 4) is 5.75 Å². The van der Waals surface area contributed by atoms with Gasteiger partial charge in [-0.3, -0.25) is 9.59 Å². The fraction of sp³-hybridized carbons (Fsp3) is 0.529. The number of rotatable bonds is 5. The van der Waals surface area contributed by atoms with Crippen molar-refractivity contribution in [3.63, 3.8) is 0 Å². The maximum absolute atomic E-state index is 12.5. The van der Waals surface area contributed by atoms with Crippen molar-refractivity contribution in [1.29, 1.82) is 0 Å². The molecule has 2 unspecified atom stereocenters. The minimum absolute atomic E-state index is 0.0433. The number of carboxylic acid groups (broad SMARTS) is 1. The van der Waals surface area contributed by atoms with E-state index >= 15 is 0 Å². The summed E-state index contributed by atoms with van der Waals surface area (Å²) >= 11 is 0. The zero-order valence-electron chi connectivity index (χ0n) is 13.1. The number of hydrogen-bond donors (Lipinski definition) is 1. The van der Waals surface area contributed by atoms with Crippen molar-refractivity contribution in [1.82, 2.24) is 4.90 Å². The average Bonchev–Trinajstić information content (AvgIpc) is 2.54. The number of carbonyl (C=O) groups excluding carboxylic acids is 1. The third kappa shape index (κ3) is 4.00. The first-order chi connectivity index (χ1) is 10.5. The van der Waals surface area contributed by atoms with Gasteiger partial charge in [-0.1, -0.05) is 19.1 Å². The molecule has 0 aromatic heterocycles. The highest BCUT2D eigenvalue weighted by Crippen LogP contribution is 2.21. The van der Waals surface area contributed by atoms with Gasteiger partial charge in [0.1, 0.15) is 5.75 Å². The molecule has 22 heavy (non-hydrogen) atoms. The van der Waals surface area contributed by atoms with E-state index in [0.29, 0.717) is 25.9 Å². The first-order valence-electron chi connectivity index (χ1n) is 7.65. The van der Waals surface area contributed by atoms with Crippen molar-refractivity contribution >= 4 is 11.9 Å². The third-order valence-electron chi connectivity index (χ3n) is 4.20. The van der Waals surface area contributed by atoms with Crippen molar-refractivity contribution in [2.45, 2.75) is 26.2 Å². The van der Waals surface area contributed by atoms with Crippen LogP contribution < -0.4 is 4.74 Å². The molecule has 2 atom stereocenters. The molecule has 1 amide bonds. The van der Waals surface area contributed by atoms with Gasteiger partial charge in [0.05, 0.1) is 13.0 Å². The topological polar surface area (TPSA) is 66.8 Å². The normalized spacial score (nSPS) is 19.5. The molecule has 1 aromatic rings. The van der Waals surface area contributed by atoms with Gasteiger partial charge in [0.2, 0.25) is 5.91 Å². The quantitative estimate of drug-likeness (QED) is 0.905. The Morgan fingerprint density at radius 2 is 2.05 bits per heavy atom. The van der Waals surface area contributed by atoms with E-state index in [1.54, 1.807) is 12.0 Å². The second-order valence-electron chi connectivity index (χ2n) is 5.91. The molecule has 1 saturated heterocycles. The van der Waals surface area contributed by atoms with Gasteiger partial charge < -0.3 is 14.7 Å². The molecule has 0 saturated carbocycles. The van der Waals surface area contributed by atoms with Crippen molar-refractivity contribution in [2.24, 2.45) is 11.8 Å². The number of ether oxygens (including phenoxy) is 1. The van der Waals surface area contributed by atoms with Gasteiger partial charge in [-0.15, -0.1) is 0 Å². The standard InChI is InChI=1S/C17H23NO4/c1-12(10-13-5-7-15(22-2)8-6-13)16(19)18-9-3-4-14(11-18)17(20)21/h5-8,12,14H,3-4,9-11H2,1-2H3,(H,20,21). The molecule has 1 fully saturated rings. The van der Waals surface area contributed by atoms with E-state index in [0.717, 1.165) is 17.7 Å². The molecule has 1 aliphatic heterocycles. The highest BCUT2D eigenvalue weighted by atomic mass is 16.5. The Labute approximate surface area is 130 Å². The lowest BCUT2D eigenvalue weighted by molar-refractivity contribution is -0.146. The molecule has 0 bridgehead atoms. The Hall–Kier alpha value is -2.04. The van der Waals surface area contributed by atoms with Gasteiger partial charge in [0, 0.05) is 19.0 Å². The van der Waals surface area contributed by atoms with E-state index in [-0.39, 0.29) is 11.8 Å². The predicted molar refractivity (Wildman–Crippen MR) is 82.8 cm³/mol. The lowest BCUT2D eigenvalue weighted by Gasteiger charge is -2.32. The molecular formula is C17H23NO4. The van der Waals surface area contributed by atoms with Crippen LogP contribution in [0.1, 0.15) is 25.3 Å². The molecule has 1 N–H and O–H groups in total. The molecule has 1 aromatic carbocycles. The Morgan fingerprint density at radius 3 is 2.64 bits per heavy atom. The smallest absolute Gasteiger partial charge is 0.308 e. The van der Waals surface area contributed by atoms with Crippen LogP contribution in [0.4, 0.5) is 0 Å². The summed E-state index contributed by atoms with van der Waals surface area (Å²) in [6.07, 6.45) is 2.07. The average molecular weight is 305 g/mol. The van der Waals surface area contributed by atoms with E-state index in [1.807, 2.05) is 31.2 Å². The van der Waals surface area contributed by atoms with Crippen LogP contribution in [-0.2, 0) is 16.0 Å². The van der Waals surface area contributed by atoms with Gasteiger partial charge >= 0.3 is 5.97 Å². The number of amides is 1. The number of aliphatic carboxylic acids is 1. The van der Waals surface area contributed by atoms with Crippen LogP contribution in [0.3, 0.4) is 0 Å². The minimum atomic E-state index is -0.805. The van der Waals surface area contributed by atoms with Crippen LogP contribution in [0.2, 0.25) is 0 Å². The third-order valence-corrected chi connectivity index (χ3v) is 4.20. The summed E-state index contributed by atoms with van der Waals surface area (Å²) in [4.78, 5) is 25.3. The number of benzene rings is 1. The summed E-state index contributed by atoms with van der Waals surface area (Å²) in [7, 11) is 1.62. The zero-order valence-corrected chi connectivity index (χ0v) is 13.1. The number of carboxylic acids is 1. The van der Waals surface area contributed by atoms with Crippen LogP contribution >= 0.6 is 0 Å². The van der Waals surface area contributed by atoms with E-state index in [1.165, 1.54) is 0 Å². The summed E-state index contributed by atoms with van der Waals surface area (Å²) in [6.45, 7) is 2.90. The predicted octanol–water partition coefficient (Wildman–Crippen LogP) is 2.20. The first-order valence-corrected chi connectivity index (χ1v) is 7.65. The van der Waals surface area contributed by atoms with Crippen LogP contribution in [-0.4, -0.2) is 42.1 Å². The lowest BCUT2D eigenvalue weighted by atomic mass is 9.95. The fourth-order valence-electron chi connectivity index (χ4n) is 2.89. The van der Waals surface area contributed by atoms with Gasteiger partial charge in [0.15, 0.2) is 0 Å². The van der Waals surface area contributed by atoms with E-state index < -0.39 is 11.9 Å². The van der Waals surface area contributed by atoms with Gasteiger partial charge in [-0.05, 0) is 37.0 Å². The molecular weight excluding hydrogens is 282 g/mol. The monoisotopic (exact) mass is 305 g/mol. The first kappa shape index (κ1) is 16.3. The Balaban J connectivity index is 1.94. The molecule has 0 aliphatic carbocycles. The van der Waals surface area contributed by atoms with Gasteiger partial charge in [0.25, 0.3) is 0 Å². The molecule has 120 valence electrons. The van der Waals surface area contributed by atoms with E-state index in [9.17, 15) is 9.59 Å². The number of nitrogens with zero attached hydrogens (tertiary/aromatic N) is 1. The minimum Gasteiger partial charge on any atom is -0.497 e. The number of piperidine rings is 1. The molecule has 1 heterocycles. The van der Waals surface area contributed by atoms with Crippen molar-refractivity contribution in [2.75, 3.05) is 20.2 Å². The summed E-state index contributed by atoms with van der Waals surface area (Å²) in [5.74, 6) is -0.544. The van der Waals surface area contributed by atoms with Crippen LogP contribution in [0.15, 0.2) is 24.3 Å². The van der Waals surface area contributed by atoms with E-state index in [4.69, 9.17) is 9.84 Å². The molecule has 5 nitrogen and oxygen atoms in total. The Kier molecular flexibility index (Phi) is 5.41. The molecule has 0 radical (unpaired) electrons. The number of hydrogen-bond acceptors (Lipinski definition) is 3. The van der Waals surface area contributed by atoms with Crippen LogP contribution in [0.25, 0.3) is 0 Å². The maximum Gasteiger partial charge on any atom is 0.308 e. The van der Waals surface area contributed by atoms with E-state index in [2.05, 4.69) is 0 Å². The molecule has 2 rings (SSSR count). The van der Waals surface area contributed by atoms with Crippen molar-refractivity contribution < 1.29 is 19.4 Å². The summed E-state index contributed by atoms with van der Waals surface area (Å²) in [6, 6.07) is 7.68. The van der Waals surface area contributed by atoms with Crippen LogP contribution in [0, 0.1) is 11.8 Å². The van der Waals surface area contributed by atoms with Gasteiger partial charge in [-0.2, -0.15) is 0 Å². The largest absolute Gasteiger partial charge is 0.497 e. The van der Waals surface area contributed by atoms with Gasteiger partial charge in [-0.25, -0.2) is 0 Å². The second kappa shape index (κ2) is 7.29. The summed E-state index contributed by atoms with van der Waals surface area (Å²) < 4.78 is 5.12. The summed E-state index contributed by atoms with van der Waals surface area (Å²) in [5.41, 5.74) is 1.08. The number of carbonyl (C=O) groups is 2. The van der Waals surface area contributed by atoms with Crippen molar-refractivity contribution in [3.05, 3.63) is 29.8 Å². The molecule has 1 aliphatic rings. The maximum atomic E-state index is 12.5. The Morgan fingerprint density at radius 1 is 1.36 bits per heavy atom. The lowest BCUT2D eigenvalue weighted by Crippen LogP contribution is -2.44.